The Morgan fingerprint density at radius 1 is 0.354 bits per heavy atom. The largest absolute Gasteiger partial charge is 0.508 e. The minimum atomic E-state index is -3.78. The summed E-state index contributed by atoms with van der Waals surface area (Å²) >= 11 is 0. The number of nitrogens with zero attached hydrogens (tertiary/aromatic N) is 12. The number of nitrogens with one attached hydrogen (secondary N) is 9. The highest BCUT2D eigenvalue weighted by molar-refractivity contribution is 7.89. The van der Waals surface area contributed by atoms with Crippen molar-refractivity contribution < 1.29 is 51.0 Å². The van der Waals surface area contributed by atoms with E-state index in [0.29, 0.717) is 87.1 Å². The molecule has 34 nitrogen and oxygen atoms in total. The number of pyridine rings is 1. The van der Waals surface area contributed by atoms with E-state index in [0.717, 1.165) is 85.0 Å². The standard InChI is InChI=1S/C20H21N5O.C18H23N5O3S.C18H16N4O2.C18H22N4O2.C17H21N5O3S/c26-20(25-17-10-11-21-16-9-5-4-8-15(16)17)18-12-19(23-13-22-18)24-14-6-2-1-3-7-14;1-12-9-14(27(19,25)26)7-8-15(12)23-18(24)16-10-17(21-11-20-16)22-13-5-3-2-4-6-13;1-12-4-2-3-5-15(12)22-17-10-16(19-11-20-17)18(24)21-13-6-8-14(23)9-7-13;1-22(14-5-3-2-4-6-14)17-11-16(19-12-20-17)18(24)21-13-7-9-15(23)10-8-13;18-26(24,25)14-8-6-13(7-9-14)22-17(23)15-10-16(20-11-19-15)21-12-4-2-1-3-5-12/h4-5,8-14H,1-3,6-7H2,(H,21,25,26)(H,22,23,24);7-11,13H,2-6H2,1H3,(H,23,24)(H2,19,25,26)(H,20,21,22);2-11,23H,1H3,(H,21,24)(H,19,20,22);7-12,14,23H,2-6H2,1H3,(H,21,24);6-12H,1-5H2,(H,22,23)(H2,18,24,25)(H,19,20,21). The zero-order valence-corrected chi connectivity index (χ0v) is 72.2. The van der Waals surface area contributed by atoms with Crippen LogP contribution in [0.4, 0.5) is 63.2 Å². The number of hydrogen-bond donors (Lipinski definition) is 13. The number of amides is 5. The third-order valence-electron chi connectivity index (χ3n) is 21.6. The zero-order valence-electron chi connectivity index (χ0n) is 70.6. The summed E-state index contributed by atoms with van der Waals surface area (Å²) in [5, 5.41) is 56.8. The molecule has 660 valence electrons. The average Bonchev–Trinajstić information content (AvgIpc) is 0.829. The molecule has 4 fully saturated rings. The van der Waals surface area contributed by atoms with E-state index in [9.17, 15) is 51.0 Å². The van der Waals surface area contributed by atoms with E-state index in [1.165, 1.54) is 175 Å². The molecule has 36 heteroatoms. The number of aryl methyl sites for hydroxylation is 2. The van der Waals surface area contributed by atoms with Crippen molar-refractivity contribution >= 4 is 124 Å². The van der Waals surface area contributed by atoms with Crippen molar-refractivity contribution in [2.45, 2.75) is 176 Å². The van der Waals surface area contributed by atoms with Gasteiger partial charge in [0.25, 0.3) is 29.5 Å². The van der Waals surface area contributed by atoms with Gasteiger partial charge in [0.15, 0.2) is 0 Å². The molecule has 127 heavy (non-hydrogen) atoms. The lowest BCUT2D eigenvalue weighted by Crippen LogP contribution is -2.34. The van der Waals surface area contributed by atoms with Gasteiger partial charge < -0.3 is 63.0 Å². The molecule has 15 N–H and O–H groups in total. The summed E-state index contributed by atoms with van der Waals surface area (Å²) in [4.78, 5) is 110. The zero-order chi connectivity index (χ0) is 89.7. The second kappa shape index (κ2) is 45.0. The molecule has 0 spiro atoms. The quantitative estimate of drug-likeness (QED) is 0.0280. The molecular formula is C91H103N23O11S2. The summed E-state index contributed by atoms with van der Waals surface area (Å²) in [5.74, 6) is 1.88. The molecule has 0 unspecified atom stereocenters. The molecule has 6 aromatic carbocycles. The summed E-state index contributed by atoms with van der Waals surface area (Å²) in [6, 6.07) is 49.7. The van der Waals surface area contributed by atoms with Crippen LogP contribution >= 0.6 is 0 Å². The summed E-state index contributed by atoms with van der Waals surface area (Å²) < 4.78 is 45.3. The number of carbonyl (C=O) groups is 5. The van der Waals surface area contributed by atoms with Crippen LogP contribution < -0.4 is 63.0 Å². The van der Waals surface area contributed by atoms with Gasteiger partial charge >= 0.3 is 0 Å². The number of sulfonamides is 2. The number of phenols is 2. The molecule has 12 aromatic rings. The van der Waals surface area contributed by atoms with Gasteiger partial charge in [0.05, 0.1) is 21.0 Å². The van der Waals surface area contributed by atoms with Gasteiger partial charge in [-0.2, -0.15) is 0 Å². The number of aromatic nitrogens is 11. The third kappa shape index (κ3) is 28.2. The lowest BCUT2D eigenvalue weighted by Gasteiger charge is -2.32. The van der Waals surface area contributed by atoms with Crippen molar-refractivity contribution in [2.75, 3.05) is 59.8 Å². The number of hydrogen-bond acceptors (Lipinski definition) is 27. The van der Waals surface area contributed by atoms with Crippen molar-refractivity contribution in [3.05, 3.63) is 253 Å². The molecule has 0 radical (unpaired) electrons. The summed E-state index contributed by atoms with van der Waals surface area (Å²) in [7, 11) is -5.52. The van der Waals surface area contributed by atoms with E-state index in [1.807, 2.05) is 62.5 Å². The van der Waals surface area contributed by atoms with E-state index in [1.54, 1.807) is 73.8 Å². The molecule has 0 saturated heterocycles. The van der Waals surface area contributed by atoms with Crippen molar-refractivity contribution in [1.29, 1.82) is 0 Å². The van der Waals surface area contributed by atoms with E-state index >= 15 is 0 Å². The van der Waals surface area contributed by atoms with Crippen LogP contribution in [0, 0.1) is 13.8 Å². The molecule has 0 aliphatic heterocycles. The van der Waals surface area contributed by atoms with Crippen molar-refractivity contribution in [3.63, 3.8) is 0 Å². The number of aromatic hydroxyl groups is 2. The molecule has 16 rings (SSSR count). The molecule has 6 heterocycles. The van der Waals surface area contributed by atoms with Gasteiger partial charge in [0.2, 0.25) is 20.0 Å². The maximum atomic E-state index is 12.7. The SMILES string of the molecule is CN(c1cc(C(=O)Nc2ccc(O)cc2)ncn1)C1CCCCC1.Cc1cc(S(N)(=O)=O)ccc1NC(=O)c1cc(NC2CCCCC2)ncn1.Cc1ccccc1Nc1cc(C(=O)Nc2ccc(O)cc2)ncn1.NS(=O)(=O)c1ccc(NC(=O)c2cc(NC3CCCCC3)ncn2)cc1.O=C(Nc1ccnc2ccccc12)c1cc(NC2CCCCC2)ncn1. The van der Waals surface area contributed by atoms with Crippen LogP contribution in [0.5, 0.6) is 11.5 Å². The first-order valence-electron chi connectivity index (χ1n) is 42.0. The molecular weight excluding hydrogens is 1660 g/mol. The monoisotopic (exact) mass is 1760 g/mol. The Bertz CT molecular complexity index is 5980. The molecule has 4 aliphatic rings. The van der Waals surface area contributed by atoms with Crippen LogP contribution in [-0.2, 0) is 20.0 Å². The van der Waals surface area contributed by atoms with Crippen molar-refractivity contribution in [2.24, 2.45) is 10.3 Å². The topological polar surface area (TPSA) is 499 Å². The first-order chi connectivity index (χ1) is 61.3. The number of benzene rings is 6. The van der Waals surface area contributed by atoms with E-state index < -0.39 is 31.9 Å². The maximum absolute atomic E-state index is 12.7. The Hall–Kier alpha value is -14.1. The fraction of sp³-hybridized carbons (Fsp3) is 0.297. The number of rotatable bonds is 22. The number of primary sulfonamides is 2. The number of para-hydroxylation sites is 2. The molecule has 6 aromatic heterocycles. The van der Waals surface area contributed by atoms with Gasteiger partial charge in [-0.15, -0.1) is 0 Å². The van der Waals surface area contributed by atoms with Gasteiger partial charge in [-0.25, -0.2) is 77.0 Å². The third-order valence-corrected chi connectivity index (χ3v) is 23.5. The highest BCUT2D eigenvalue weighted by Gasteiger charge is 2.24. The maximum Gasteiger partial charge on any atom is 0.274 e. The Morgan fingerprint density at radius 2 is 0.724 bits per heavy atom. The van der Waals surface area contributed by atoms with Crippen LogP contribution in [0.1, 0.15) is 192 Å². The van der Waals surface area contributed by atoms with Gasteiger partial charge in [-0.3, -0.25) is 29.0 Å². The van der Waals surface area contributed by atoms with E-state index in [4.69, 9.17) is 10.3 Å². The van der Waals surface area contributed by atoms with Gasteiger partial charge in [-0.05, 0) is 186 Å². The van der Waals surface area contributed by atoms with Crippen LogP contribution in [-0.4, -0.2) is 143 Å². The van der Waals surface area contributed by atoms with E-state index in [-0.39, 0.29) is 56.1 Å². The van der Waals surface area contributed by atoms with Gasteiger partial charge in [-0.1, -0.05) is 113 Å². The first kappa shape index (κ1) is 92.1. The molecule has 0 atom stereocenters. The number of nitrogens with two attached hydrogens (primary N) is 2. The molecule has 5 amide bonds. The number of phenolic OH excluding ortho intramolecular Hbond substituents is 2. The highest BCUT2D eigenvalue weighted by atomic mass is 32.2. The number of anilines is 11. The van der Waals surface area contributed by atoms with Crippen LogP contribution in [0.2, 0.25) is 0 Å². The van der Waals surface area contributed by atoms with Gasteiger partial charge in [0, 0.05) is 102 Å². The molecule has 0 bridgehead atoms. The minimum absolute atomic E-state index is 0.000923. The molecule has 4 aliphatic carbocycles. The summed E-state index contributed by atoms with van der Waals surface area (Å²) in [5.41, 5.74) is 7.65. The number of carbonyl (C=O) groups excluding carboxylic acids is 5. The first-order valence-corrected chi connectivity index (χ1v) is 45.1. The second-order valence-electron chi connectivity index (χ2n) is 31.0. The number of fused-ring (bicyclic) bond motifs is 1. The molecule has 4 saturated carbocycles. The van der Waals surface area contributed by atoms with Crippen LogP contribution in [0.15, 0.2) is 224 Å². The average molecular weight is 1760 g/mol. The predicted octanol–water partition coefficient (Wildman–Crippen LogP) is 15.3. The smallest absolute Gasteiger partial charge is 0.274 e. The Balaban J connectivity index is 0.000000144. The summed E-state index contributed by atoms with van der Waals surface area (Å²) in [6.45, 7) is 3.68. The Kier molecular flexibility index (Phi) is 32.6. The van der Waals surface area contributed by atoms with Crippen molar-refractivity contribution in [3.8, 4) is 11.5 Å². The lowest BCUT2D eigenvalue weighted by molar-refractivity contribution is 0.101. The van der Waals surface area contributed by atoms with Crippen molar-refractivity contribution in [1.82, 2.24) is 54.8 Å². The fourth-order valence-electron chi connectivity index (χ4n) is 14.7. The van der Waals surface area contributed by atoms with E-state index in [2.05, 4.69) is 108 Å². The highest BCUT2D eigenvalue weighted by Crippen LogP contribution is 2.30. The predicted molar refractivity (Wildman–Crippen MR) is 489 cm³/mol. The van der Waals surface area contributed by atoms with Gasteiger partial charge in [0.1, 0.15) is 101 Å². The Labute approximate surface area is 736 Å². The summed E-state index contributed by atoms with van der Waals surface area (Å²) in [6.07, 6.45) is 32.5. The second-order valence-corrected chi connectivity index (χ2v) is 34.1. The normalized spacial score (nSPS) is 14.2. The Morgan fingerprint density at radius 3 is 1.17 bits per heavy atom. The fourth-order valence-corrected chi connectivity index (χ4v) is 15.8. The van der Waals surface area contributed by atoms with Crippen LogP contribution in [0.3, 0.4) is 0 Å². The lowest BCUT2D eigenvalue weighted by atomic mass is 9.94. The minimum Gasteiger partial charge on any atom is -0.508 e. The van der Waals surface area contributed by atoms with Crippen LogP contribution in [0.25, 0.3) is 10.9 Å².